The molecule has 3 rings (SSSR count). The Morgan fingerprint density at radius 1 is 1.19 bits per heavy atom. The average molecular weight is 370 g/mol. The maximum Gasteiger partial charge on any atom is 0.224 e. The van der Waals surface area contributed by atoms with Gasteiger partial charge in [0, 0.05) is 31.7 Å². The van der Waals surface area contributed by atoms with Gasteiger partial charge in [-0.2, -0.15) is 0 Å². The van der Waals surface area contributed by atoms with Crippen LogP contribution in [0.3, 0.4) is 0 Å². The van der Waals surface area contributed by atoms with E-state index in [2.05, 4.69) is 47.4 Å². The van der Waals surface area contributed by atoms with Crippen molar-refractivity contribution >= 4 is 5.91 Å². The van der Waals surface area contributed by atoms with Gasteiger partial charge in [-0.05, 0) is 43.2 Å². The molecule has 1 amide bonds. The fourth-order valence-corrected chi connectivity index (χ4v) is 4.22. The Morgan fingerprint density at radius 3 is 2.48 bits per heavy atom. The molecule has 2 unspecified atom stereocenters. The summed E-state index contributed by atoms with van der Waals surface area (Å²) in [6.45, 7) is 12.2. The van der Waals surface area contributed by atoms with Gasteiger partial charge in [-0.3, -0.25) is 9.69 Å². The van der Waals surface area contributed by atoms with E-state index in [0.717, 1.165) is 48.5 Å². The summed E-state index contributed by atoms with van der Waals surface area (Å²) in [7, 11) is 0. The number of likely N-dealkylation sites (tertiary alicyclic amines) is 1. The second-order valence-corrected chi connectivity index (χ2v) is 8.17. The normalized spacial score (nSPS) is 20.6. The number of aryl methyl sites for hydroxylation is 2. The van der Waals surface area contributed by atoms with Gasteiger partial charge in [0.05, 0.1) is 12.1 Å². The van der Waals surface area contributed by atoms with Crippen molar-refractivity contribution in [1.29, 1.82) is 0 Å². The fraction of sp³-hybridized carbons (Fsp3) is 0.545. The number of nitrogens with one attached hydrogen (secondary N) is 1. The van der Waals surface area contributed by atoms with Gasteiger partial charge in [-0.15, -0.1) is 0 Å². The number of benzene rings is 1. The maximum absolute atomic E-state index is 12.4. The molecule has 27 heavy (non-hydrogen) atoms. The number of nitrogens with zero attached hydrogens (tertiary/aromatic N) is 2. The molecule has 2 aromatic rings. The van der Waals surface area contributed by atoms with E-state index in [1.165, 1.54) is 17.5 Å². The third-order valence-corrected chi connectivity index (χ3v) is 5.45. The van der Waals surface area contributed by atoms with Gasteiger partial charge in [0.15, 0.2) is 0 Å². The van der Waals surface area contributed by atoms with Crippen LogP contribution in [-0.4, -0.2) is 29.1 Å². The fourth-order valence-electron chi connectivity index (χ4n) is 4.22. The Balaban J connectivity index is 1.60. The minimum Gasteiger partial charge on any atom is -0.361 e. The Hall–Kier alpha value is -2.14. The molecule has 146 valence electrons. The zero-order chi connectivity index (χ0) is 19.4. The maximum atomic E-state index is 12.4. The second kappa shape index (κ2) is 8.70. The van der Waals surface area contributed by atoms with Crippen LogP contribution in [-0.2, 0) is 24.3 Å². The summed E-state index contributed by atoms with van der Waals surface area (Å²) in [6, 6.07) is 8.42. The van der Waals surface area contributed by atoms with Crippen LogP contribution in [0.1, 0.15) is 48.4 Å². The van der Waals surface area contributed by atoms with E-state index in [4.69, 9.17) is 4.52 Å². The average Bonchev–Trinajstić information content (AvgIpc) is 2.92. The highest BCUT2D eigenvalue weighted by Crippen LogP contribution is 2.23. The predicted molar refractivity (Wildman–Crippen MR) is 106 cm³/mol. The lowest BCUT2D eigenvalue weighted by atomic mass is 9.91. The highest BCUT2D eigenvalue weighted by molar-refractivity contribution is 5.79. The zero-order valence-electron chi connectivity index (χ0n) is 16.9. The van der Waals surface area contributed by atoms with Crippen molar-refractivity contribution in [3.8, 4) is 0 Å². The van der Waals surface area contributed by atoms with Crippen LogP contribution in [0.4, 0.5) is 0 Å². The molecule has 1 fully saturated rings. The van der Waals surface area contributed by atoms with E-state index in [1.807, 2.05) is 19.9 Å². The summed E-state index contributed by atoms with van der Waals surface area (Å²) < 4.78 is 5.14. The van der Waals surface area contributed by atoms with Crippen molar-refractivity contribution < 1.29 is 9.32 Å². The summed E-state index contributed by atoms with van der Waals surface area (Å²) in [5.41, 5.74) is 4.17. The highest BCUT2D eigenvalue weighted by atomic mass is 16.5. The van der Waals surface area contributed by atoms with Crippen molar-refractivity contribution in [2.45, 2.75) is 53.6 Å². The molecule has 5 nitrogen and oxygen atoms in total. The topological polar surface area (TPSA) is 58.4 Å². The Labute approximate surface area is 162 Å². The lowest BCUT2D eigenvalue weighted by Gasteiger charge is -2.35. The molecule has 2 atom stereocenters. The van der Waals surface area contributed by atoms with E-state index in [-0.39, 0.29) is 5.91 Å². The number of carbonyl (C=O) groups excluding carboxylic acids is 1. The second-order valence-electron chi connectivity index (χ2n) is 8.17. The molecule has 1 aromatic carbocycles. The van der Waals surface area contributed by atoms with Crippen LogP contribution < -0.4 is 5.32 Å². The number of piperidine rings is 1. The molecule has 0 spiro atoms. The summed E-state index contributed by atoms with van der Waals surface area (Å²) in [6.07, 6.45) is 1.63. The summed E-state index contributed by atoms with van der Waals surface area (Å²) >= 11 is 0. The molecule has 1 aliphatic rings. The molecular weight excluding hydrogens is 338 g/mol. The first kappa shape index (κ1) is 19.6. The van der Waals surface area contributed by atoms with Crippen LogP contribution >= 0.6 is 0 Å². The quantitative estimate of drug-likeness (QED) is 0.845. The number of hydrogen-bond acceptors (Lipinski definition) is 4. The van der Waals surface area contributed by atoms with Crippen LogP contribution in [0.2, 0.25) is 0 Å². The summed E-state index contributed by atoms with van der Waals surface area (Å²) in [4.78, 5) is 14.9. The number of carbonyl (C=O) groups is 1. The predicted octanol–water partition coefficient (Wildman–Crippen LogP) is 3.63. The van der Waals surface area contributed by atoms with Gasteiger partial charge < -0.3 is 9.84 Å². The molecule has 1 aromatic heterocycles. The zero-order valence-corrected chi connectivity index (χ0v) is 16.9. The largest absolute Gasteiger partial charge is 0.361 e. The van der Waals surface area contributed by atoms with Gasteiger partial charge in [0.1, 0.15) is 5.76 Å². The Morgan fingerprint density at radius 2 is 1.85 bits per heavy atom. The van der Waals surface area contributed by atoms with Gasteiger partial charge in [-0.25, -0.2) is 0 Å². The van der Waals surface area contributed by atoms with Gasteiger partial charge in [-0.1, -0.05) is 43.3 Å². The molecule has 1 N–H and O–H groups in total. The van der Waals surface area contributed by atoms with Gasteiger partial charge in [0.2, 0.25) is 5.91 Å². The molecular formula is C22H31N3O2. The molecule has 0 aliphatic carbocycles. The lowest BCUT2D eigenvalue weighted by molar-refractivity contribution is -0.120. The van der Waals surface area contributed by atoms with Crippen molar-refractivity contribution in [2.24, 2.45) is 11.8 Å². The lowest BCUT2D eigenvalue weighted by Crippen LogP contribution is -2.38. The van der Waals surface area contributed by atoms with Crippen molar-refractivity contribution in [1.82, 2.24) is 15.4 Å². The molecule has 0 bridgehead atoms. The Bertz CT molecular complexity index is 754. The van der Waals surface area contributed by atoms with Gasteiger partial charge >= 0.3 is 0 Å². The SMILES string of the molecule is Cc1noc(C)c1CC(=O)NCc1ccccc1CN1CC(C)CC(C)C1. The van der Waals surface area contributed by atoms with E-state index < -0.39 is 0 Å². The number of aromatic nitrogens is 1. The van der Waals surface area contributed by atoms with Crippen LogP contribution in [0.25, 0.3) is 0 Å². The Kier molecular flexibility index (Phi) is 6.32. The van der Waals surface area contributed by atoms with E-state index in [0.29, 0.717) is 13.0 Å². The van der Waals surface area contributed by atoms with Gasteiger partial charge in [0.25, 0.3) is 0 Å². The van der Waals surface area contributed by atoms with Crippen LogP contribution in [0.15, 0.2) is 28.8 Å². The molecule has 2 heterocycles. The molecule has 1 saturated heterocycles. The molecule has 0 radical (unpaired) electrons. The van der Waals surface area contributed by atoms with Crippen molar-refractivity contribution in [3.63, 3.8) is 0 Å². The third kappa shape index (κ3) is 5.19. The van der Waals surface area contributed by atoms with Crippen molar-refractivity contribution in [3.05, 3.63) is 52.4 Å². The summed E-state index contributed by atoms with van der Waals surface area (Å²) in [5.74, 6) is 2.21. The highest BCUT2D eigenvalue weighted by Gasteiger charge is 2.22. The minimum atomic E-state index is -0.000537. The van der Waals surface area contributed by atoms with Crippen LogP contribution in [0, 0.1) is 25.7 Å². The standard InChI is InChI=1S/C22H31N3O2/c1-15-9-16(2)13-25(12-15)14-20-8-6-5-7-19(20)11-23-22(26)10-21-17(3)24-27-18(21)4/h5-8,15-16H,9-14H2,1-4H3,(H,23,26). The molecule has 0 saturated carbocycles. The van der Waals surface area contributed by atoms with Crippen LogP contribution in [0.5, 0.6) is 0 Å². The molecule has 5 heteroatoms. The van der Waals surface area contributed by atoms with Crippen molar-refractivity contribution in [2.75, 3.05) is 13.1 Å². The molecule has 1 aliphatic heterocycles. The number of hydrogen-bond donors (Lipinski definition) is 1. The third-order valence-electron chi connectivity index (χ3n) is 5.45. The first-order valence-electron chi connectivity index (χ1n) is 9.90. The van der Waals surface area contributed by atoms with E-state index in [9.17, 15) is 4.79 Å². The number of rotatable bonds is 6. The first-order valence-corrected chi connectivity index (χ1v) is 9.90. The minimum absolute atomic E-state index is 0.000537. The monoisotopic (exact) mass is 369 g/mol. The summed E-state index contributed by atoms with van der Waals surface area (Å²) in [5, 5.41) is 6.98. The first-order chi connectivity index (χ1) is 12.9. The smallest absolute Gasteiger partial charge is 0.224 e. The van der Waals surface area contributed by atoms with E-state index >= 15 is 0 Å². The number of amides is 1. The van der Waals surface area contributed by atoms with E-state index in [1.54, 1.807) is 0 Å².